The number of carbonyl (C=O) groups excluding carboxylic acids is 1. The molecule has 0 radical (unpaired) electrons. The zero-order valence-electron chi connectivity index (χ0n) is 14.8. The highest BCUT2D eigenvalue weighted by Crippen LogP contribution is 2.31. The van der Waals surface area contributed by atoms with Crippen LogP contribution in [0, 0.1) is 5.82 Å². The van der Waals surface area contributed by atoms with E-state index in [-0.39, 0.29) is 27.2 Å². The number of hydrogen-bond acceptors (Lipinski definition) is 4. The van der Waals surface area contributed by atoms with E-state index in [1.165, 1.54) is 24.3 Å². The molecule has 0 aliphatic rings. The molecule has 1 unspecified atom stereocenters. The standard InChI is InChI=1S/C19H15Cl2FN4O3/c20-11-5-3-4-10(18(11)21)13(9-17(27)28)24-19(29)14-8-16(23)26(25-14)15-7-2-1-6-12(15)22/h1-8,13H,9,23H2,(H,24,29)(H,27,28). The van der Waals surface area contributed by atoms with Crippen LogP contribution >= 0.6 is 23.2 Å². The highest BCUT2D eigenvalue weighted by molar-refractivity contribution is 6.42. The summed E-state index contributed by atoms with van der Waals surface area (Å²) in [6, 6.07) is 10.8. The van der Waals surface area contributed by atoms with Gasteiger partial charge in [-0.3, -0.25) is 9.59 Å². The van der Waals surface area contributed by atoms with Crippen molar-refractivity contribution in [3.05, 3.63) is 75.7 Å². The van der Waals surface area contributed by atoms with Crippen molar-refractivity contribution in [2.75, 3.05) is 5.73 Å². The average Bonchev–Trinajstić information content (AvgIpc) is 3.05. The Morgan fingerprint density at radius 2 is 1.93 bits per heavy atom. The summed E-state index contributed by atoms with van der Waals surface area (Å²) in [5, 5.41) is 16.2. The summed E-state index contributed by atoms with van der Waals surface area (Å²) in [6.07, 6.45) is -0.435. The molecule has 3 rings (SSSR count). The number of anilines is 1. The number of nitrogens with zero attached hydrogens (tertiary/aromatic N) is 2. The number of benzene rings is 2. The third-order valence-electron chi connectivity index (χ3n) is 4.09. The van der Waals surface area contributed by atoms with E-state index in [0.29, 0.717) is 5.56 Å². The fourth-order valence-corrected chi connectivity index (χ4v) is 3.20. The normalized spacial score (nSPS) is 11.8. The second kappa shape index (κ2) is 8.50. The van der Waals surface area contributed by atoms with Crippen molar-refractivity contribution in [1.29, 1.82) is 0 Å². The number of carbonyl (C=O) groups is 2. The molecule has 1 heterocycles. The first-order valence-electron chi connectivity index (χ1n) is 8.35. The Morgan fingerprint density at radius 3 is 2.62 bits per heavy atom. The Morgan fingerprint density at radius 1 is 1.21 bits per heavy atom. The molecule has 0 spiro atoms. The molecule has 1 atom stereocenters. The van der Waals surface area contributed by atoms with Gasteiger partial charge in [-0.1, -0.05) is 47.5 Å². The summed E-state index contributed by atoms with van der Waals surface area (Å²) in [7, 11) is 0. The first-order chi connectivity index (χ1) is 13.8. The van der Waals surface area contributed by atoms with Gasteiger partial charge in [-0.2, -0.15) is 5.10 Å². The first-order valence-corrected chi connectivity index (χ1v) is 9.10. The molecule has 1 aromatic heterocycles. The number of carboxylic acids is 1. The lowest BCUT2D eigenvalue weighted by atomic mass is 10.0. The van der Waals surface area contributed by atoms with Crippen LogP contribution in [0.1, 0.15) is 28.5 Å². The minimum atomic E-state index is -1.15. The number of nitrogens with one attached hydrogen (secondary N) is 1. The average molecular weight is 437 g/mol. The predicted octanol–water partition coefficient (Wildman–Crippen LogP) is 3.85. The second-order valence-electron chi connectivity index (χ2n) is 6.08. The van der Waals surface area contributed by atoms with Gasteiger partial charge in [0, 0.05) is 6.07 Å². The third kappa shape index (κ3) is 4.49. The van der Waals surface area contributed by atoms with Gasteiger partial charge in [0.05, 0.1) is 22.5 Å². The van der Waals surface area contributed by atoms with Crippen molar-refractivity contribution in [2.24, 2.45) is 0 Å². The number of nitrogen functional groups attached to an aromatic ring is 1. The monoisotopic (exact) mass is 436 g/mol. The molecular weight excluding hydrogens is 422 g/mol. The molecule has 150 valence electrons. The van der Waals surface area contributed by atoms with Crippen LogP contribution in [0.15, 0.2) is 48.5 Å². The van der Waals surface area contributed by atoms with Crippen molar-refractivity contribution in [3.8, 4) is 5.69 Å². The number of carboxylic acid groups (broad SMARTS) is 1. The van der Waals surface area contributed by atoms with Gasteiger partial charge in [0.25, 0.3) is 5.91 Å². The number of rotatable bonds is 6. The number of halogens is 3. The molecule has 3 aromatic rings. The number of hydrogen-bond donors (Lipinski definition) is 3. The van der Waals surface area contributed by atoms with E-state index in [0.717, 1.165) is 4.68 Å². The van der Waals surface area contributed by atoms with Crippen LogP contribution in [-0.4, -0.2) is 26.8 Å². The molecule has 2 aromatic carbocycles. The Labute approximate surface area is 174 Å². The fraction of sp³-hybridized carbons (Fsp3) is 0.105. The maximum absolute atomic E-state index is 14.0. The number of nitrogens with two attached hydrogens (primary N) is 1. The van der Waals surface area contributed by atoms with E-state index in [2.05, 4.69) is 10.4 Å². The highest BCUT2D eigenvalue weighted by Gasteiger charge is 2.24. The van der Waals surface area contributed by atoms with Crippen LogP contribution < -0.4 is 11.1 Å². The summed E-state index contributed by atoms with van der Waals surface area (Å²) in [5.41, 5.74) is 6.17. The van der Waals surface area contributed by atoms with Crippen molar-refractivity contribution < 1.29 is 19.1 Å². The van der Waals surface area contributed by atoms with Gasteiger partial charge in [0.1, 0.15) is 17.3 Å². The minimum absolute atomic E-state index is 0.0378. The van der Waals surface area contributed by atoms with Crippen molar-refractivity contribution in [1.82, 2.24) is 15.1 Å². The first kappa shape index (κ1) is 20.6. The molecule has 10 heteroatoms. The van der Waals surface area contributed by atoms with E-state index in [9.17, 15) is 19.1 Å². The Hall–Kier alpha value is -3.10. The minimum Gasteiger partial charge on any atom is -0.481 e. The summed E-state index contributed by atoms with van der Waals surface area (Å²) in [5.74, 6) is -2.38. The number of aliphatic carboxylic acids is 1. The molecule has 7 nitrogen and oxygen atoms in total. The quantitative estimate of drug-likeness (QED) is 0.543. The molecule has 1 amide bonds. The summed E-state index contributed by atoms with van der Waals surface area (Å²) in [6.45, 7) is 0. The van der Waals surface area contributed by atoms with Gasteiger partial charge >= 0.3 is 5.97 Å². The van der Waals surface area contributed by atoms with E-state index in [1.54, 1.807) is 24.3 Å². The number of aromatic nitrogens is 2. The van der Waals surface area contributed by atoms with E-state index >= 15 is 0 Å². The Balaban J connectivity index is 1.91. The lowest BCUT2D eigenvalue weighted by molar-refractivity contribution is -0.137. The van der Waals surface area contributed by atoms with Gasteiger partial charge in [0.2, 0.25) is 0 Å². The maximum Gasteiger partial charge on any atom is 0.305 e. The summed E-state index contributed by atoms with van der Waals surface area (Å²) >= 11 is 12.2. The van der Waals surface area contributed by atoms with Crippen molar-refractivity contribution in [3.63, 3.8) is 0 Å². The van der Waals surface area contributed by atoms with Crippen LogP contribution in [0.4, 0.5) is 10.2 Å². The molecule has 0 fully saturated rings. The van der Waals surface area contributed by atoms with Gasteiger partial charge in [-0.25, -0.2) is 9.07 Å². The SMILES string of the molecule is Nc1cc(C(=O)NC(CC(=O)O)c2cccc(Cl)c2Cl)nn1-c1ccccc1F. The second-order valence-corrected chi connectivity index (χ2v) is 6.87. The van der Waals surface area contributed by atoms with Gasteiger partial charge < -0.3 is 16.2 Å². The molecule has 4 N–H and O–H groups in total. The topological polar surface area (TPSA) is 110 Å². The molecular formula is C19H15Cl2FN4O3. The van der Waals surface area contributed by atoms with Crippen LogP contribution in [0.2, 0.25) is 10.0 Å². The zero-order chi connectivity index (χ0) is 21.1. The van der Waals surface area contributed by atoms with Crippen LogP contribution in [-0.2, 0) is 4.79 Å². The smallest absolute Gasteiger partial charge is 0.305 e. The van der Waals surface area contributed by atoms with Crippen LogP contribution in [0.25, 0.3) is 5.69 Å². The summed E-state index contributed by atoms with van der Waals surface area (Å²) in [4.78, 5) is 24.0. The predicted molar refractivity (Wildman–Crippen MR) is 107 cm³/mol. The molecule has 0 bridgehead atoms. The number of para-hydroxylation sites is 1. The van der Waals surface area contributed by atoms with Gasteiger partial charge in [0.15, 0.2) is 5.69 Å². The largest absolute Gasteiger partial charge is 0.481 e. The van der Waals surface area contributed by atoms with Crippen molar-refractivity contribution in [2.45, 2.75) is 12.5 Å². The Kier molecular flexibility index (Phi) is 6.05. The summed E-state index contributed by atoms with van der Waals surface area (Å²) < 4.78 is 15.1. The van der Waals surface area contributed by atoms with E-state index < -0.39 is 30.2 Å². The van der Waals surface area contributed by atoms with E-state index in [1.807, 2.05) is 0 Å². The van der Waals surface area contributed by atoms with Crippen molar-refractivity contribution >= 4 is 40.9 Å². The highest BCUT2D eigenvalue weighted by atomic mass is 35.5. The molecule has 0 aliphatic carbocycles. The fourth-order valence-electron chi connectivity index (χ4n) is 2.76. The van der Waals surface area contributed by atoms with Crippen LogP contribution in [0.5, 0.6) is 0 Å². The third-order valence-corrected chi connectivity index (χ3v) is 4.92. The zero-order valence-corrected chi connectivity index (χ0v) is 16.3. The molecule has 0 saturated carbocycles. The number of amides is 1. The maximum atomic E-state index is 14.0. The molecule has 0 aliphatic heterocycles. The lowest BCUT2D eigenvalue weighted by Crippen LogP contribution is -2.30. The lowest BCUT2D eigenvalue weighted by Gasteiger charge is -2.18. The van der Waals surface area contributed by atoms with Gasteiger partial charge in [-0.05, 0) is 23.8 Å². The van der Waals surface area contributed by atoms with E-state index in [4.69, 9.17) is 28.9 Å². The molecule has 0 saturated heterocycles. The molecule has 29 heavy (non-hydrogen) atoms. The van der Waals surface area contributed by atoms with Crippen LogP contribution in [0.3, 0.4) is 0 Å². The van der Waals surface area contributed by atoms with Gasteiger partial charge in [-0.15, -0.1) is 0 Å². The Bertz CT molecular complexity index is 1090.